The minimum Gasteiger partial charge on any atom is -0.383 e. The highest BCUT2D eigenvalue weighted by atomic mass is 14.9. The molecular formula is C13H18N2. The maximum Gasteiger partial charge on any atom is 0.0556 e. The van der Waals surface area contributed by atoms with Crippen molar-refractivity contribution in [1.29, 1.82) is 0 Å². The molecule has 1 aliphatic rings. The van der Waals surface area contributed by atoms with Crippen molar-refractivity contribution in [2.24, 2.45) is 5.92 Å². The van der Waals surface area contributed by atoms with E-state index < -0.39 is 0 Å². The molecule has 0 aliphatic heterocycles. The monoisotopic (exact) mass is 202 g/mol. The maximum atomic E-state index is 4.13. The number of hydrogen-bond acceptors (Lipinski definition) is 2. The third-order valence-electron chi connectivity index (χ3n) is 3.00. The van der Waals surface area contributed by atoms with Crippen LogP contribution in [0.15, 0.2) is 30.6 Å². The van der Waals surface area contributed by atoms with Crippen molar-refractivity contribution in [3.8, 4) is 0 Å². The summed E-state index contributed by atoms with van der Waals surface area (Å²) >= 11 is 0. The van der Waals surface area contributed by atoms with Gasteiger partial charge in [0, 0.05) is 12.7 Å². The number of pyridine rings is 1. The van der Waals surface area contributed by atoms with Crippen molar-refractivity contribution in [3.05, 3.63) is 36.2 Å². The second kappa shape index (κ2) is 4.96. The minimum absolute atomic E-state index is 0.787. The molecule has 1 atom stereocenters. The average molecular weight is 202 g/mol. The highest BCUT2D eigenvalue weighted by molar-refractivity contribution is 5.47. The van der Waals surface area contributed by atoms with Crippen molar-refractivity contribution in [3.63, 3.8) is 0 Å². The molecule has 1 heterocycles. The number of aromatic nitrogens is 1. The molecular weight excluding hydrogens is 184 g/mol. The van der Waals surface area contributed by atoms with E-state index in [0.717, 1.165) is 12.5 Å². The fraction of sp³-hybridized carbons (Fsp3) is 0.462. The average Bonchev–Trinajstić information content (AvgIpc) is 2.29. The van der Waals surface area contributed by atoms with Gasteiger partial charge in [-0.1, -0.05) is 12.2 Å². The van der Waals surface area contributed by atoms with Gasteiger partial charge in [0.1, 0.15) is 0 Å². The molecule has 0 spiro atoms. The number of aryl methyl sites for hydroxylation is 1. The lowest BCUT2D eigenvalue weighted by atomic mass is 9.94. The second-order valence-corrected chi connectivity index (χ2v) is 4.22. The van der Waals surface area contributed by atoms with Gasteiger partial charge in [0.15, 0.2) is 0 Å². The lowest BCUT2D eigenvalue weighted by Gasteiger charge is -2.19. The van der Waals surface area contributed by atoms with Crippen LogP contribution < -0.4 is 5.32 Å². The largest absolute Gasteiger partial charge is 0.383 e. The van der Waals surface area contributed by atoms with E-state index in [0.29, 0.717) is 0 Å². The molecule has 15 heavy (non-hydrogen) atoms. The quantitative estimate of drug-likeness (QED) is 0.761. The van der Waals surface area contributed by atoms with Crippen molar-refractivity contribution >= 4 is 5.69 Å². The summed E-state index contributed by atoms with van der Waals surface area (Å²) in [6.45, 7) is 3.18. The van der Waals surface area contributed by atoms with Gasteiger partial charge >= 0.3 is 0 Å². The van der Waals surface area contributed by atoms with Gasteiger partial charge in [-0.15, -0.1) is 0 Å². The molecule has 80 valence electrons. The molecule has 0 amide bonds. The molecule has 1 aliphatic carbocycles. The zero-order valence-electron chi connectivity index (χ0n) is 9.24. The first-order valence-electron chi connectivity index (χ1n) is 5.66. The van der Waals surface area contributed by atoms with E-state index in [1.807, 2.05) is 18.5 Å². The number of nitrogens with zero attached hydrogens (tertiary/aromatic N) is 1. The van der Waals surface area contributed by atoms with Crippen LogP contribution in [0.2, 0.25) is 0 Å². The molecule has 0 saturated heterocycles. The first-order chi connectivity index (χ1) is 7.36. The summed E-state index contributed by atoms with van der Waals surface area (Å²) in [7, 11) is 0. The second-order valence-electron chi connectivity index (χ2n) is 4.22. The predicted molar refractivity (Wildman–Crippen MR) is 63.9 cm³/mol. The van der Waals surface area contributed by atoms with Crippen molar-refractivity contribution in [1.82, 2.24) is 4.98 Å². The predicted octanol–water partition coefficient (Wildman–Crippen LogP) is 3.16. The van der Waals surface area contributed by atoms with Crippen LogP contribution in [0, 0.1) is 12.8 Å². The Morgan fingerprint density at radius 1 is 1.47 bits per heavy atom. The van der Waals surface area contributed by atoms with Crippen molar-refractivity contribution in [2.75, 3.05) is 11.9 Å². The van der Waals surface area contributed by atoms with Crippen LogP contribution in [-0.4, -0.2) is 11.5 Å². The Balaban J connectivity index is 1.87. The van der Waals surface area contributed by atoms with E-state index in [9.17, 15) is 0 Å². The minimum atomic E-state index is 0.787. The number of rotatable bonds is 3. The summed E-state index contributed by atoms with van der Waals surface area (Å²) < 4.78 is 0. The SMILES string of the molecule is Cc1ccncc1NCC1CC=CCC1. The maximum absolute atomic E-state index is 4.13. The molecule has 0 bridgehead atoms. The molecule has 0 radical (unpaired) electrons. The fourth-order valence-electron chi connectivity index (χ4n) is 1.95. The summed E-state index contributed by atoms with van der Waals surface area (Å²) in [5.74, 6) is 0.787. The number of allylic oxidation sites excluding steroid dienone is 2. The highest BCUT2D eigenvalue weighted by Crippen LogP contribution is 2.19. The molecule has 1 aromatic heterocycles. The molecule has 1 aromatic rings. The summed E-state index contributed by atoms with van der Waals surface area (Å²) in [5, 5.41) is 3.49. The van der Waals surface area contributed by atoms with Gasteiger partial charge in [-0.05, 0) is 43.7 Å². The van der Waals surface area contributed by atoms with Gasteiger partial charge in [-0.25, -0.2) is 0 Å². The third kappa shape index (κ3) is 2.82. The molecule has 2 nitrogen and oxygen atoms in total. The summed E-state index contributed by atoms with van der Waals surface area (Å²) in [5.41, 5.74) is 2.45. The standard InChI is InChI=1S/C13H18N2/c1-11-7-8-14-10-13(11)15-9-12-5-3-2-4-6-12/h2-3,7-8,10,12,15H,4-6,9H2,1H3. The summed E-state index contributed by atoms with van der Waals surface area (Å²) in [6, 6.07) is 2.04. The summed E-state index contributed by atoms with van der Waals surface area (Å²) in [4.78, 5) is 4.13. The Kier molecular flexibility index (Phi) is 3.38. The van der Waals surface area contributed by atoms with Gasteiger partial charge < -0.3 is 5.32 Å². The lowest BCUT2D eigenvalue weighted by Crippen LogP contribution is -2.15. The van der Waals surface area contributed by atoms with Gasteiger partial charge in [-0.2, -0.15) is 0 Å². The van der Waals surface area contributed by atoms with Crippen LogP contribution in [0.25, 0.3) is 0 Å². The van der Waals surface area contributed by atoms with Crippen LogP contribution in [-0.2, 0) is 0 Å². The lowest BCUT2D eigenvalue weighted by molar-refractivity contribution is 0.504. The Bertz CT molecular complexity index is 344. The Morgan fingerprint density at radius 2 is 2.40 bits per heavy atom. The Labute approximate surface area is 91.4 Å². The van der Waals surface area contributed by atoms with Crippen LogP contribution in [0.3, 0.4) is 0 Å². The topological polar surface area (TPSA) is 24.9 Å². The molecule has 1 N–H and O–H groups in total. The van der Waals surface area contributed by atoms with E-state index in [2.05, 4.69) is 29.4 Å². The van der Waals surface area contributed by atoms with E-state index in [-0.39, 0.29) is 0 Å². The zero-order chi connectivity index (χ0) is 10.5. The molecule has 0 saturated carbocycles. The number of anilines is 1. The van der Waals surface area contributed by atoms with E-state index >= 15 is 0 Å². The van der Waals surface area contributed by atoms with E-state index in [1.165, 1.54) is 30.5 Å². The highest BCUT2D eigenvalue weighted by Gasteiger charge is 2.09. The van der Waals surface area contributed by atoms with Crippen LogP contribution in [0.1, 0.15) is 24.8 Å². The number of hydrogen-bond donors (Lipinski definition) is 1. The van der Waals surface area contributed by atoms with Gasteiger partial charge in [0.2, 0.25) is 0 Å². The zero-order valence-corrected chi connectivity index (χ0v) is 9.24. The number of nitrogens with one attached hydrogen (secondary N) is 1. The van der Waals surface area contributed by atoms with Crippen LogP contribution in [0.5, 0.6) is 0 Å². The van der Waals surface area contributed by atoms with Gasteiger partial charge in [-0.3, -0.25) is 4.98 Å². The van der Waals surface area contributed by atoms with E-state index in [1.54, 1.807) is 0 Å². The first-order valence-corrected chi connectivity index (χ1v) is 5.66. The fourth-order valence-corrected chi connectivity index (χ4v) is 1.95. The van der Waals surface area contributed by atoms with Crippen LogP contribution in [0.4, 0.5) is 5.69 Å². The Hall–Kier alpha value is -1.31. The normalized spacial score (nSPS) is 20.2. The third-order valence-corrected chi connectivity index (χ3v) is 3.00. The van der Waals surface area contributed by atoms with Crippen molar-refractivity contribution in [2.45, 2.75) is 26.2 Å². The summed E-state index contributed by atoms with van der Waals surface area (Å²) in [6.07, 6.45) is 12.1. The first kappa shape index (κ1) is 10.2. The Morgan fingerprint density at radius 3 is 3.13 bits per heavy atom. The molecule has 0 aromatic carbocycles. The molecule has 2 heteroatoms. The van der Waals surface area contributed by atoms with E-state index in [4.69, 9.17) is 0 Å². The van der Waals surface area contributed by atoms with Crippen LogP contribution >= 0.6 is 0 Å². The molecule has 1 unspecified atom stereocenters. The smallest absolute Gasteiger partial charge is 0.0556 e. The van der Waals surface area contributed by atoms with Gasteiger partial charge in [0.25, 0.3) is 0 Å². The van der Waals surface area contributed by atoms with Gasteiger partial charge in [0.05, 0.1) is 11.9 Å². The van der Waals surface area contributed by atoms with Crippen molar-refractivity contribution < 1.29 is 0 Å². The molecule has 0 fully saturated rings. The molecule has 2 rings (SSSR count).